The number of unbranched alkanes of at least 4 members (excludes halogenated alkanes) is 1. The predicted molar refractivity (Wildman–Crippen MR) is 157 cm³/mol. The van der Waals surface area contributed by atoms with Gasteiger partial charge in [-0.25, -0.2) is 4.84 Å². The Kier molecular flexibility index (Phi) is 8.35. The van der Waals surface area contributed by atoms with Crippen LogP contribution in [0.15, 0.2) is 47.8 Å². The average molecular weight is 550 g/mol. The van der Waals surface area contributed by atoms with E-state index in [1.165, 1.54) is 20.8 Å². The maximum absolute atomic E-state index is 13.0. The fourth-order valence-electron chi connectivity index (χ4n) is 5.85. The van der Waals surface area contributed by atoms with Crippen molar-refractivity contribution in [2.24, 2.45) is 5.92 Å². The van der Waals surface area contributed by atoms with Gasteiger partial charge in [-0.05, 0) is 73.9 Å². The number of benzene rings is 2. The molecular weight excluding hydrogens is 510 g/mol. The highest BCUT2D eigenvalue weighted by atomic mass is 32.1. The Balaban J connectivity index is 0.965. The molecule has 7 nitrogen and oxygen atoms in total. The summed E-state index contributed by atoms with van der Waals surface area (Å²) in [5.41, 5.74) is 3.28. The van der Waals surface area contributed by atoms with Gasteiger partial charge in [-0.15, -0.1) is 11.3 Å². The smallest absolute Gasteiger partial charge is 0.254 e. The van der Waals surface area contributed by atoms with Crippen LogP contribution in [0.3, 0.4) is 0 Å². The molecule has 0 bridgehead atoms. The van der Waals surface area contributed by atoms with Crippen LogP contribution in [0.5, 0.6) is 5.75 Å². The minimum absolute atomic E-state index is 0.0130. The Morgan fingerprint density at radius 2 is 1.92 bits per heavy atom. The van der Waals surface area contributed by atoms with Crippen molar-refractivity contribution in [3.63, 3.8) is 0 Å². The zero-order valence-corrected chi connectivity index (χ0v) is 23.7. The number of carbonyl (C=O) groups is 1. The van der Waals surface area contributed by atoms with Gasteiger partial charge in [0.2, 0.25) is 0 Å². The van der Waals surface area contributed by atoms with Crippen molar-refractivity contribution in [3.05, 3.63) is 53.4 Å². The molecule has 2 fully saturated rings. The van der Waals surface area contributed by atoms with Gasteiger partial charge in [0.1, 0.15) is 5.75 Å². The Labute approximate surface area is 235 Å². The van der Waals surface area contributed by atoms with Crippen molar-refractivity contribution in [3.8, 4) is 5.75 Å². The van der Waals surface area contributed by atoms with Crippen molar-refractivity contribution in [1.82, 2.24) is 4.90 Å². The van der Waals surface area contributed by atoms with Gasteiger partial charge in [0.25, 0.3) is 5.91 Å². The standard InChI is InChI=1S/C31H39N3O4S/c1-23-21-24-10-11-25(22-28(24)34(31(23)35)38-30-9-2-4-19-37-30)36-18-5-3-13-32-14-16-33(17-15-32)27-7-6-8-29-26(27)12-20-39-29/h6-8,10-12,20,22-23,30H,2-5,9,13-19,21H2,1H3. The summed E-state index contributed by atoms with van der Waals surface area (Å²) in [5, 5.41) is 5.03. The van der Waals surface area contributed by atoms with Crippen LogP contribution in [-0.2, 0) is 20.8 Å². The SMILES string of the molecule is CC1Cc2ccc(OCCCCN3CCN(c4cccc5sccc45)CC3)cc2N(OC2CCCCO2)C1=O. The van der Waals surface area contributed by atoms with Gasteiger partial charge in [-0.3, -0.25) is 9.69 Å². The van der Waals surface area contributed by atoms with Gasteiger partial charge in [-0.1, -0.05) is 19.1 Å². The highest BCUT2D eigenvalue weighted by Crippen LogP contribution is 2.35. The lowest BCUT2D eigenvalue weighted by Crippen LogP contribution is -2.46. The van der Waals surface area contributed by atoms with E-state index in [9.17, 15) is 4.79 Å². The van der Waals surface area contributed by atoms with Crippen LogP contribution in [0.2, 0.25) is 0 Å². The molecular formula is C31H39N3O4S. The summed E-state index contributed by atoms with van der Waals surface area (Å²) in [6.45, 7) is 8.73. The maximum Gasteiger partial charge on any atom is 0.254 e. The summed E-state index contributed by atoms with van der Waals surface area (Å²) in [6, 6.07) is 14.9. The summed E-state index contributed by atoms with van der Waals surface area (Å²) in [5.74, 6) is 0.658. The molecule has 1 aromatic heterocycles. The molecule has 0 aliphatic carbocycles. The Morgan fingerprint density at radius 1 is 1.03 bits per heavy atom. The molecule has 3 aromatic rings. The molecule has 2 atom stereocenters. The van der Waals surface area contributed by atoms with Crippen molar-refractivity contribution in [2.45, 2.75) is 51.7 Å². The van der Waals surface area contributed by atoms with E-state index in [1.54, 1.807) is 0 Å². The van der Waals surface area contributed by atoms with Crippen molar-refractivity contribution in [1.29, 1.82) is 0 Å². The number of hydrogen-bond acceptors (Lipinski definition) is 7. The summed E-state index contributed by atoms with van der Waals surface area (Å²) in [7, 11) is 0. The molecule has 6 rings (SSSR count). The first-order valence-electron chi connectivity index (χ1n) is 14.5. The number of rotatable bonds is 9. The molecule has 3 aliphatic heterocycles. The monoisotopic (exact) mass is 549 g/mol. The lowest BCUT2D eigenvalue weighted by atomic mass is 9.94. The number of carbonyl (C=O) groups excluding carboxylic acids is 1. The number of fused-ring (bicyclic) bond motifs is 2. The molecule has 0 radical (unpaired) electrons. The predicted octanol–water partition coefficient (Wildman–Crippen LogP) is 5.87. The second kappa shape index (κ2) is 12.3. The average Bonchev–Trinajstić information content (AvgIpc) is 3.46. The van der Waals surface area contributed by atoms with Gasteiger partial charge in [0.05, 0.1) is 12.3 Å². The zero-order valence-electron chi connectivity index (χ0n) is 22.8. The number of ether oxygens (including phenoxy) is 2. The largest absolute Gasteiger partial charge is 0.494 e. The number of thiophene rings is 1. The fraction of sp³-hybridized carbons (Fsp3) is 0.516. The Bertz CT molecular complexity index is 1270. The second-order valence-electron chi connectivity index (χ2n) is 10.9. The number of piperazine rings is 1. The molecule has 39 heavy (non-hydrogen) atoms. The van der Waals surface area contributed by atoms with Crippen molar-refractivity contribution < 1.29 is 19.1 Å². The molecule has 1 amide bonds. The van der Waals surface area contributed by atoms with Crippen molar-refractivity contribution in [2.75, 3.05) is 55.9 Å². The van der Waals surface area contributed by atoms with Crippen LogP contribution >= 0.6 is 11.3 Å². The highest BCUT2D eigenvalue weighted by Gasteiger charge is 2.34. The Hall–Kier alpha value is -2.65. The normalized spacial score (nSPS) is 22.3. The number of hydrogen-bond donors (Lipinski definition) is 0. The lowest BCUT2D eigenvalue weighted by Gasteiger charge is -2.36. The van der Waals surface area contributed by atoms with Crippen LogP contribution in [0.4, 0.5) is 11.4 Å². The highest BCUT2D eigenvalue weighted by molar-refractivity contribution is 7.17. The lowest BCUT2D eigenvalue weighted by molar-refractivity contribution is -0.179. The molecule has 208 valence electrons. The quantitative estimate of drug-likeness (QED) is 0.312. The summed E-state index contributed by atoms with van der Waals surface area (Å²) >= 11 is 1.82. The summed E-state index contributed by atoms with van der Waals surface area (Å²) < 4.78 is 13.2. The van der Waals surface area contributed by atoms with E-state index in [1.807, 2.05) is 30.4 Å². The summed E-state index contributed by atoms with van der Waals surface area (Å²) in [4.78, 5) is 24.1. The van der Waals surface area contributed by atoms with Crippen LogP contribution < -0.4 is 14.7 Å². The van der Waals surface area contributed by atoms with Crippen LogP contribution in [0, 0.1) is 5.92 Å². The summed E-state index contributed by atoms with van der Waals surface area (Å²) in [6.07, 6.45) is 5.36. The first-order valence-corrected chi connectivity index (χ1v) is 15.4. The topological polar surface area (TPSA) is 54.5 Å². The molecule has 3 aliphatic rings. The molecule has 2 saturated heterocycles. The maximum atomic E-state index is 13.0. The minimum Gasteiger partial charge on any atom is -0.494 e. The van der Waals surface area contributed by atoms with E-state index in [0.717, 1.165) is 88.2 Å². The molecule has 0 N–H and O–H groups in total. The molecule has 2 unspecified atom stereocenters. The van der Waals surface area contributed by atoms with E-state index in [-0.39, 0.29) is 18.1 Å². The van der Waals surface area contributed by atoms with Gasteiger partial charge in [-0.2, -0.15) is 5.06 Å². The molecule has 0 spiro atoms. The van der Waals surface area contributed by atoms with E-state index in [0.29, 0.717) is 13.2 Å². The second-order valence-corrected chi connectivity index (χ2v) is 11.9. The molecule has 2 aromatic carbocycles. The first kappa shape index (κ1) is 26.6. The van der Waals surface area contributed by atoms with Gasteiger partial charge < -0.3 is 14.4 Å². The number of nitrogens with zero attached hydrogens (tertiary/aromatic N) is 3. The third-order valence-corrected chi connectivity index (χ3v) is 8.99. The van der Waals surface area contributed by atoms with Crippen LogP contribution in [0.25, 0.3) is 10.1 Å². The van der Waals surface area contributed by atoms with Gasteiger partial charge in [0, 0.05) is 67.0 Å². The van der Waals surface area contributed by atoms with E-state index in [2.05, 4.69) is 45.5 Å². The molecule has 8 heteroatoms. The first-order chi connectivity index (χ1) is 19.2. The fourth-order valence-corrected chi connectivity index (χ4v) is 6.65. The van der Waals surface area contributed by atoms with Gasteiger partial charge >= 0.3 is 0 Å². The van der Waals surface area contributed by atoms with E-state index < -0.39 is 0 Å². The van der Waals surface area contributed by atoms with Crippen molar-refractivity contribution >= 4 is 38.7 Å². The van der Waals surface area contributed by atoms with Crippen LogP contribution in [0.1, 0.15) is 44.6 Å². The number of amides is 1. The third kappa shape index (κ3) is 6.09. The molecule has 4 heterocycles. The number of anilines is 2. The van der Waals surface area contributed by atoms with Crippen LogP contribution in [-0.4, -0.2) is 63.0 Å². The number of hydroxylamine groups is 1. The minimum atomic E-state index is -0.364. The van der Waals surface area contributed by atoms with E-state index >= 15 is 0 Å². The Morgan fingerprint density at radius 3 is 2.77 bits per heavy atom. The van der Waals surface area contributed by atoms with Gasteiger partial charge in [0.15, 0.2) is 6.29 Å². The zero-order chi connectivity index (χ0) is 26.6. The third-order valence-electron chi connectivity index (χ3n) is 8.11. The van der Waals surface area contributed by atoms with E-state index in [4.69, 9.17) is 14.3 Å². The molecule has 0 saturated carbocycles.